The summed E-state index contributed by atoms with van der Waals surface area (Å²) in [5.74, 6) is 0.0350. The Hall–Kier alpha value is -2.18. The Kier molecular flexibility index (Phi) is 6.86. The van der Waals surface area contributed by atoms with Gasteiger partial charge < -0.3 is 16.0 Å². The van der Waals surface area contributed by atoms with E-state index < -0.39 is 5.25 Å². The number of hydrogen-bond donors (Lipinski definition) is 3. The second-order valence-electron chi connectivity index (χ2n) is 7.11. The number of amides is 2. The molecule has 1 aliphatic heterocycles. The monoisotopic (exact) mass is 417 g/mol. The normalized spacial score (nSPS) is 16.9. The molecule has 7 heteroatoms. The number of carbonyl (C=O) groups is 2. The van der Waals surface area contributed by atoms with E-state index >= 15 is 0 Å². The Morgan fingerprint density at radius 3 is 2.68 bits per heavy atom. The van der Waals surface area contributed by atoms with Gasteiger partial charge in [-0.2, -0.15) is 0 Å². The zero-order valence-electron chi connectivity index (χ0n) is 15.9. The van der Waals surface area contributed by atoms with E-state index in [1.165, 1.54) is 11.8 Å². The van der Waals surface area contributed by atoms with Crippen LogP contribution < -0.4 is 16.0 Å². The molecule has 3 N–H and O–H groups in total. The standard InChI is InChI=1S/C21H24ClN3O2S/c1-13(2)17(24-15-6-4-3-5-7-15)12-23-20(26)11-19-21(27)25-16-10-14(22)8-9-18(16)28-19/h3-10,13,17,19,24H,11-12H2,1-2H3,(H,23,26)(H,25,27). The lowest BCUT2D eigenvalue weighted by Crippen LogP contribution is -2.41. The molecule has 0 spiro atoms. The molecule has 2 aromatic rings. The first-order valence-electron chi connectivity index (χ1n) is 9.27. The first kappa shape index (κ1) is 20.6. The van der Waals surface area contributed by atoms with Gasteiger partial charge in [0.25, 0.3) is 0 Å². The maximum Gasteiger partial charge on any atom is 0.238 e. The topological polar surface area (TPSA) is 70.2 Å². The van der Waals surface area contributed by atoms with E-state index in [9.17, 15) is 9.59 Å². The molecule has 2 amide bonds. The summed E-state index contributed by atoms with van der Waals surface area (Å²) in [4.78, 5) is 25.7. The fourth-order valence-electron chi connectivity index (χ4n) is 2.92. The van der Waals surface area contributed by atoms with Gasteiger partial charge in [-0.15, -0.1) is 11.8 Å². The van der Waals surface area contributed by atoms with Crippen molar-refractivity contribution in [2.45, 2.75) is 36.5 Å². The number of carbonyl (C=O) groups excluding carboxylic acids is 2. The molecule has 28 heavy (non-hydrogen) atoms. The Morgan fingerprint density at radius 1 is 1.21 bits per heavy atom. The van der Waals surface area contributed by atoms with E-state index in [-0.39, 0.29) is 24.3 Å². The quantitative estimate of drug-likeness (QED) is 0.624. The molecule has 0 saturated heterocycles. The van der Waals surface area contributed by atoms with Crippen LogP contribution in [0.4, 0.5) is 11.4 Å². The highest BCUT2D eigenvalue weighted by Gasteiger charge is 2.29. The maximum atomic E-state index is 12.4. The van der Waals surface area contributed by atoms with Gasteiger partial charge in [-0.25, -0.2) is 0 Å². The molecule has 0 saturated carbocycles. The summed E-state index contributed by atoms with van der Waals surface area (Å²) in [5.41, 5.74) is 1.72. The van der Waals surface area contributed by atoms with Crippen molar-refractivity contribution >= 4 is 46.6 Å². The maximum absolute atomic E-state index is 12.4. The molecule has 3 rings (SSSR count). The molecule has 2 aromatic carbocycles. The highest BCUT2D eigenvalue weighted by molar-refractivity contribution is 8.01. The average Bonchev–Trinajstić information content (AvgIpc) is 2.66. The number of hydrogen-bond acceptors (Lipinski definition) is 4. The van der Waals surface area contributed by atoms with E-state index in [0.29, 0.717) is 23.2 Å². The van der Waals surface area contributed by atoms with Gasteiger partial charge in [0.1, 0.15) is 0 Å². The van der Waals surface area contributed by atoms with Crippen molar-refractivity contribution in [3.05, 3.63) is 53.6 Å². The highest BCUT2D eigenvalue weighted by Crippen LogP contribution is 2.38. The molecule has 0 bridgehead atoms. The molecular formula is C21H24ClN3O2S. The van der Waals surface area contributed by atoms with Gasteiger partial charge in [0.05, 0.1) is 10.9 Å². The molecule has 0 fully saturated rings. The minimum Gasteiger partial charge on any atom is -0.380 e. The van der Waals surface area contributed by atoms with E-state index in [4.69, 9.17) is 11.6 Å². The summed E-state index contributed by atoms with van der Waals surface area (Å²) in [6.45, 7) is 4.72. The lowest BCUT2D eigenvalue weighted by atomic mass is 10.0. The van der Waals surface area contributed by atoms with Crippen LogP contribution in [0, 0.1) is 5.92 Å². The third kappa shape index (κ3) is 5.42. The lowest BCUT2D eigenvalue weighted by molar-refractivity contribution is -0.124. The van der Waals surface area contributed by atoms with Crippen molar-refractivity contribution in [3.8, 4) is 0 Å². The molecule has 0 aromatic heterocycles. The summed E-state index contributed by atoms with van der Waals surface area (Å²) in [6, 6.07) is 15.4. The van der Waals surface area contributed by atoms with Crippen LogP contribution in [0.25, 0.3) is 0 Å². The van der Waals surface area contributed by atoms with E-state index in [2.05, 4.69) is 29.8 Å². The van der Waals surface area contributed by atoms with Crippen molar-refractivity contribution in [3.63, 3.8) is 0 Å². The zero-order valence-corrected chi connectivity index (χ0v) is 17.4. The van der Waals surface area contributed by atoms with Crippen LogP contribution in [0.5, 0.6) is 0 Å². The van der Waals surface area contributed by atoms with Gasteiger partial charge in [-0.3, -0.25) is 9.59 Å². The van der Waals surface area contributed by atoms with Crippen LogP contribution in [0.1, 0.15) is 20.3 Å². The summed E-state index contributed by atoms with van der Waals surface area (Å²) in [7, 11) is 0. The minimum absolute atomic E-state index is 0.0991. The van der Waals surface area contributed by atoms with E-state index in [0.717, 1.165) is 10.6 Å². The summed E-state index contributed by atoms with van der Waals surface area (Å²) in [6.07, 6.45) is 0.134. The fraction of sp³-hybridized carbons (Fsp3) is 0.333. The van der Waals surface area contributed by atoms with Gasteiger partial charge in [0, 0.05) is 34.6 Å². The minimum atomic E-state index is -0.451. The SMILES string of the molecule is CC(C)C(CNC(=O)CC1Sc2ccc(Cl)cc2NC1=O)Nc1ccccc1. The third-order valence-electron chi connectivity index (χ3n) is 4.58. The predicted octanol–water partition coefficient (Wildman–Crippen LogP) is 4.40. The molecule has 0 radical (unpaired) electrons. The number of anilines is 2. The molecule has 2 unspecified atom stereocenters. The number of fused-ring (bicyclic) bond motifs is 1. The Labute approximate surface area is 174 Å². The smallest absolute Gasteiger partial charge is 0.238 e. The van der Waals surface area contributed by atoms with Gasteiger partial charge in [0.15, 0.2) is 0 Å². The van der Waals surface area contributed by atoms with Gasteiger partial charge in [0.2, 0.25) is 11.8 Å². The summed E-state index contributed by atoms with van der Waals surface area (Å²) >= 11 is 7.37. The van der Waals surface area contributed by atoms with Gasteiger partial charge >= 0.3 is 0 Å². The Morgan fingerprint density at radius 2 is 1.96 bits per heavy atom. The van der Waals surface area contributed by atoms with E-state index in [1.54, 1.807) is 12.1 Å². The number of benzene rings is 2. The van der Waals surface area contributed by atoms with Crippen molar-refractivity contribution in [2.24, 2.45) is 5.92 Å². The molecule has 1 aliphatic rings. The number of nitrogens with one attached hydrogen (secondary N) is 3. The van der Waals surface area contributed by atoms with Gasteiger partial charge in [-0.05, 0) is 36.2 Å². The highest BCUT2D eigenvalue weighted by atomic mass is 35.5. The lowest BCUT2D eigenvalue weighted by Gasteiger charge is -2.26. The zero-order chi connectivity index (χ0) is 20.1. The van der Waals surface area contributed by atoms with E-state index in [1.807, 2.05) is 36.4 Å². The predicted molar refractivity (Wildman–Crippen MR) is 116 cm³/mol. The van der Waals surface area contributed by atoms with Crippen molar-refractivity contribution < 1.29 is 9.59 Å². The summed E-state index contributed by atoms with van der Waals surface area (Å²) in [5, 5.41) is 9.38. The van der Waals surface area contributed by atoms with Crippen LogP contribution in [0.2, 0.25) is 5.02 Å². The Bertz CT molecular complexity index is 845. The van der Waals surface area contributed by atoms with Crippen molar-refractivity contribution in [1.29, 1.82) is 0 Å². The average molecular weight is 418 g/mol. The second kappa shape index (κ2) is 9.34. The van der Waals surface area contributed by atoms with Crippen LogP contribution in [0.3, 0.4) is 0 Å². The number of halogens is 1. The number of para-hydroxylation sites is 1. The van der Waals surface area contributed by atoms with Crippen LogP contribution in [-0.4, -0.2) is 29.7 Å². The largest absolute Gasteiger partial charge is 0.380 e. The molecule has 1 heterocycles. The molecule has 2 atom stereocenters. The van der Waals surface area contributed by atoms with Crippen LogP contribution in [0.15, 0.2) is 53.4 Å². The van der Waals surface area contributed by atoms with Crippen molar-refractivity contribution in [2.75, 3.05) is 17.2 Å². The molecule has 0 aliphatic carbocycles. The molecular weight excluding hydrogens is 394 g/mol. The fourth-order valence-corrected chi connectivity index (χ4v) is 4.19. The van der Waals surface area contributed by atoms with Crippen LogP contribution >= 0.6 is 23.4 Å². The number of rotatable bonds is 7. The Balaban J connectivity index is 1.54. The van der Waals surface area contributed by atoms with Crippen LogP contribution in [-0.2, 0) is 9.59 Å². The third-order valence-corrected chi connectivity index (χ3v) is 6.09. The first-order chi connectivity index (χ1) is 13.4. The molecule has 148 valence electrons. The first-order valence-corrected chi connectivity index (χ1v) is 10.5. The number of thioether (sulfide) groups is 1. The summed E-state index contributed by atoms with van der Waals surface area (Å²) < 4.78 is 0. The second-order valence-corrected chi connectivity index (χ2v) is 8.79. The van der Waals surface area contributed by atoms with Crippen molar-refractivity contribution in [1.82, 2.24) is 5.32 Å². The molecule has 5 nitrogen and oxygen atoms in total. The van der Waals surface area contributed by atoms with Gasteiger partial charge in [-0.1, -0.05) is 43.6 Å².